The van der Waals surface area contributed by atoms with Gasteiger partial charge in [0.1, 0.15) is 42.3 Å². The Hall–Kier alpha value is -2.52. The van der Waals surface area contributed by atoms with E-state index in [1.807, 2.05) is 0 Å². The van der Waals surface area contributed by atoms with Crippen LogP contribution in [0.2, 0.25) is 0 Å². The topological polar surface area (TPSA) is 65.7 Å². The Kier molecular flexibility index (Phi) is 5.71. The molecule has 0 aliphatic rings. The zero-order valence-corrected chi connectivity index (χ0v) is 14.9. The molecule has 3 rings (SSSR count). The second-order valence-corrected chi connectivity index (χ2v) is 6.06. The number of aromatic nitrogens is 5. The van der Waals surface area contributed by atoms with E-state index in [0.29, 0.717) is 0 Å². The van der Waals surface area contributed by atoms with Gasteiger partial charge in [0.15, 0.2) is 5.82 Å². The predicted molar refractivity (Wildman–Crippen MR) is 90.3 cm³/mol. The molecule has 27 heavy (non-hydrogen) atoms. The zero-order chi connectivity index (χ0) is 19.4. The van der Waals surface area contributed by atoms with Crippen molar-refractivity contribution in [1.82, 2.24) is 24.7 Å². The highest BCUT2D eigenvalue weighted by atomic mass is 35.5. The number of halogens is 4. The van der Waals surface area contributed by atoms with Crippen molar-refractivity contribution in [2.24, 2.45) is 0 Å². The fourth-order valence-electron chi connectivity index (χ4n) is 3.05. The summed E-state index contributed by atoms with van der Waals surface area (Å²) in [7, 11) is 0. The molecule has 10 heteroatoms. The summed E-state index contributed by atoms with van der Waals surface area (Å²) in [6.45, 7) is 1.55. The molecule has 0 unspecified atom stereocenters. The number of alkyl halides is 1. The predicted octanol–water partition coefficient (Wildman–Crippen LogP) is 3.40. The second-order valence-electron chi connectivity index (χ2n) is 5.84. The van der Waals surface area contributed by atoms with Crippen molar-refractivity contribution in [3.8, 4) is 0 Å². The number of benzene rings is 1. The van der Waals surface area contributed by atoms with E-state index in [9.17, 15) is 13.2 Å². The van der Waals surface area contributed by atoms with Gasteiger partial charge in [-0.05, 0) is 6.07 Å². The highest BCUT2D eigenvalue weighted by Crippen LogP contribution is 2.43. The Labute approximate surface area is 158 Å². The zero-order valence-electron chi connectivity index (χ0n) is 14.2. The Balaban J connectivity index is 2.21. The standard InChI is InChI=1S/C17H15ClF3N5O/c1-11(16-15(21)5-22-8-24-16)17(27-7-18,6-26-10-23-9-25-26)13-3-2-12(19)4-14(13)20/h2-5,8-11H,6-7H2,1H3/t11-,17+/m0/s1. The lowest BCUT2D eigenvalue weighted by molar-refractivity contribution is -0.0655. The molecule has 0 N–H and O–H groups in total. The maximum absolute atomic E-state index is 14.7. The number of hydrogen-bond acceptors (Lipinski definition) is 5. The normalized spacial score (nSPS) is 14.7. The summed E-state index contributed by atoms with van der Waals surface area (Å²) in [5.74, 6) is -3.13. The summed E-state index contributed by atoms with van der Waals surface area (Å²) in [4.78, 5) is 11.5. The lowest BCUT2D eigenvalue weighted by atomic mass is 9.79. The van der Waals surface area contributed by atoms with E-state index >= 15 is 0 Å². The molecule has 142 valence electrons. The van der Waals surface area contributed by atoms with Crippen LogP contribution in [0.25, 0.3) is 0 Å². The maximum atomic E-state index is 14.7. The van der Waals surface area contributed by atoms with Gasteiger partial charge in [-0.15, -0.1) is 0 Å². The van der Waals surface area contributed by atoms with E-state index in [1.54, 1.807) is 6.92 Å². The third-order valence-electron chi connectivity index (χ3n) is 4.37. The molecule has 1 aromatic carbocycles. The molecule has 2 atom stereocenters. The van der Waals surface area contributed by atoms with Crippen LogP contribution in [0, 0.1) is 17.5 Å². The summed E-state index contributed by atoms with van der Waals surface area (Å²) < 4.78 is 49.7. The molecule has 0 aliphatic carbocycles. The van der Waals surface area contributed by atoms with Crippen LogP contribution in [0.15, 0.2) is 43.4 Å². The van der Waals surface area contributed by atoms with Crippen molar-refractivity contribution in [2.45, 2.75) is 25.0 Å². The fourth-order valence-corrected chi connectivity index (χ4v) is 3.25. The number of nitrogens with zero attached hydrogens (tertiary/aromatic N) is 5. The molecular weight excluding hydrogens is 383 g/mol. The molecule has 3 aromatic rings. The molecule has 0 radical (unpaired) electrons. The number of hydrogen-bond donors (Lipinski definition) is 0. The van der Waals surface area contributed by atoms with Crippen molar-refractivity contribution in [3.63, 3.8) is 0 Å². The molecule has 0 spiro atoms. The van der Waals surface area contributed by atoms with Gasteiger partial charge in [0.25, 0.3) is 0 Å². The fraction of sp³-hybridized carbons (Fsp3) is 0.294. The molecule has 0 saturated heterocycles. The van der Waals surface area contributed by atoms with Crippen LogP contribution >= 0.6 is 11.6 Å². The summed E-state index contributed by atoms with van der Waals surface area (Å²) in [5.41, 5.74) is -1.55. The molecule has 0 amide bonds. The first-order valence-electron chi connectivity index (χ1n) is 7.91. The third-order valence-corrected chi connectivity index (χ3v) is 4.48. The summed E-state index contributed by atoms with van der Waals surface area (Å²) in [5, 5.41) is 4.01. The van der Waals surface area contributed by atoms with E-state index in [4.69, 9.17) is 16.3 Å². The van der Waals surface area contributed by atoms with Gasteiger partial charge < -0.3 is 4.74 Å². The van der Waals surface area contributed by atoms with Gasteiger partial charge >= 0.3 is 0 Å². The van der Waals surface area contributed by atoms with Crippen molar-refractivity contribution in [1.29, 1.82) is 0 Å². The Morgan fingerprint density at radius 3 is 2.63 bits per heavy atom. The molecule has 6 nitrogen and oxygen atoms in total. The van der Waals surface area contributed by atoms with Gasteiger partial charge in [-0.2, -0.15) is 5.10 Å². The minimum Gasteiger partial charge on any atom is -0.352 e. The van der Waals surface area contributed by atoms with Crippen molar-refractivity contribution < 1.29 is 17.9 Å². The van der Waals surface area contributed by atoms with E-state index in [1.165, 1.54) is 29.7 Å². The minimum atomic E-state index is -1.54. The van der Waals surface area contributed by atoms with Crippen LogP contribution in [0.4, 0.5) is 13.2 Å². The van der Waals surface area contributed by atoms with E-state index in [-0.39, 0.29) is 23.9 Å². The first-order chi connectivity index (χ1) is 13.0. The van der Waals surface area contributed by atoms with E-state index in [2.05, 4.69) is 20.1 Å². The molecule has 0 saturated carbocycles. The lowest BCUT2D eigenvalue weighted by Gasteiger charge is -2.38. The molecular formula is C17H15ClF3N5O. The maximum Gasteiger partial charge on any atom is 0.163 e. The van der Waals surface area contributed by atoms with Crippen LogP contribution < -0.4 is 0 Å². The largest absolute Gasteiger partial charge is 0.352 e. The molecule has 2 aromatic heterocycles. The Morgan fingerprint density at radius 2 is 2.00 bits per heavy atom. The lowest BCUT2D eigenvalue weighted by Crippen LogP contribution is -2.41. The molecule has 0 fully saturated rings. The van der Waals surface area contributed by atoms with Crippen LogP contribution in [-0.4, -0.2) is 30.8 Å². The van der Waals surface area contributed by atoms with Crippen LogP contribution in [0.1, 0.15) is 24.1 Å². The molecule has 2 heterocycles. The summed E-state index contributed by atoms with van der Waals surface area (Å²) in [6, 6.07) is 2.73. The SMILES string of the molecule is C[C@@H](c1ncncc1F)[C@@](Cn1cncn1)(OCCl)c1ccc(F)cc1F. The molecule has 0 bridgehead atoms. The van der Waals surface area contributed by atoms with Crippen LogP contribution in [-0.2, 0) is 16.9 Å². The first-order valence-corrected chi connectivity index (χ1v) is 8.44. The molecule has 0 aliphatic heterocycles. The second kappa shape index (κ2) is 8.01. The Bertz CT molecular complexity index is 911. The van der Waals surface area contributed by atoms with Gasteiger partial charge in [0, 0.05) is 17.5 Å². The third kappa shape index (κ3) is 3.79. The smallest absolute Gasteiger partial charge is 0.163 e. The van der Waals surface area contributed by atoms with Gasteiger partial charge in [0.2, 0.25) is 0 Å². The van der Waals surface area contributed by atoms with E-state index in [0.717, 1.165) is 18.3 Å². The number of ether oxygens (including phenoxy) is 1. The highest BCUT2D eigenvalue weighted by molar-refractivity contribution is 6.17. The minimum absolute atomic E-state index is 0.000966. The van der Waals surface area contributed by atoms with Gasteiger partial charge in [-0.1, -0.05) is 24.6 Å². The Morgan fingerprint density at radius 1 is 1.19 bits per heavy atom. The summed E-state index contributed by atoms with van der Waals surface area (Å²) >= 11 is 5.84. The van der Waals surface area contributed by atoms with Crippen molar-refractivity contribution in [3.05, 3.63) is 72.1 Å². The quantitative estimate of drug-likeness (QED) is 0.572. The highest BCUT2D eigenvalue weighted by Gasteiger charge is 2.44. The number of rotatable bonds is 7. The van der Waals surface area contributed by atoms with Crippen LogP contribution in [0.5, 0.6) is 0 Å². The van der Waals surface area contributed by atoms with Gasteiger partial charge in [-0.25, -0.2) is 32.8 Å². The van der Waals surface area contributed by atoms with Gasteiger partial charge in [-0.3, -0.25) is 0 Å². The van der Waals surface area contributed by atoms with Gasteiger partial charge in [0.05, 0.1) is 18.4 Å². The first kappa shape index (κ1) is 19.2. The average molecular weight is 398 g/mol. The van der Waals surface area contributed by atoms with Crippen LogP contribution in [0.3, 0.4) is 0 Å². The average Bonchev–Trinajstić information content (AvgIpc) is 3.14. The van der Waals surface area contributed by atoms with Crippen molar-refractivity contribution >= 4 is 11.6 Å². The monoisotopic (exact) mass is 397 g/mol. The van der Waals surface area contributed by atoms with Crippen molar-refractivity contribution in [2.75, 3.05) is 6.07 Å². The summed E-state index contributed by atoms with van der Waals surface area (Å²) in [6.07, 6.45) is 4.87. The van der Waals surface area contributed by atoms with E-state index < -0.39 is 29.0 Å².